The number of carbonyl (C=O) groups excluding carboxylic acids is 2. The molecule has 0 spiro atoms. The van der Waals surface area contributed by atoms with Gasteiger partial charge < -0.3 is 10.4 Å². The molecule has 0 radical (unpaired) electrons. The van der Waals surface area contributed by atoms with E-state index >= 15 is 0 Å². The molecule has 2 aromatic carbocycles. The van der Waals surface area contributed by atoms with Crippen LogP contribution < -0.4 is 10.7 Å². The summed E-state index contributed by atoms with van der Waals surface area (Å²) in [5.74, 6) is -0.562. The first-order chi connectivity index (χ1) is 12.3. The number of amides is 2. The van der Waals surface area contributed by atoms with E-state index in [1.165, 1.54) is 12.3 Å². The van der Waals surface area contributed by atoms with Crippen LogP contribution in [-0.2, 0) is 9.59 Å². The second-order valence-electron chi connectivity index (χ2n) is 5.86. The van der Waals surface area contributed by atoms with Gasteiger partial charge in [0.15, 0.2) is 0 Å². The number of aromatic hydroxyl groups is 1. The summed E-state index contributed by atoms with van der Waals surface area (Å²) in [6, 6.07) is 10.7. The van der Waals surface area contributed by atoms with Crippen molar-refractivity contribution >= 4 is 39.6 Å². The molecule has 0 saturated heterocycles. The van der Waals surface area contributed by atoms with Gasteiger partial charge in [-0.3, -0.25) is 9.59 Å². The number of hydrogen-bond acceptors (Lipinski definition) is 4. The number of nitrogens with zero attached hydrogens (tertiary/aromatic N) is 1. The molecule has 26 heavy (non-hydrogen) atoms. The number of hydrazone groups is 1. The van der Waals surface area contributed by atoms with Crippen molar-refractivity contribution in [2.24, 2.45) is 5.10 Å². The molecule has 0 aliphatic rings. The van der Waals surface area contributed by atoms with Crippen LogP contribution in [0.5, 0.6) is 5.75 Å². The minimum absolute atomic E-state index is 0.0124. The van der Waals surface area contributed by atoms with Gasteiger partial charge in [-0.2, -0.15) is 5.10 Å². The zero-order valence-electron chi connectivity index (χ0n) is 14.5. The summed E-state index contributed by atoms with van der Waals surface area (Å²) in [6.07, 6.45) is 1.41. The number of benzene rings is 2. The largest absolute Gasteiger partial charge is 0.507 e. The van der Waals surface area contributed by atoms with Crippen LogP contribution in [-0.4, -0.2) is 23.1 Å². The predicted molar refractivity (Wildman–Crippen MR) is 105 cm³/mol. The van der Waals surface area contributed by atoms with Gasteiger partial charge >= 0.3 is 0 Å². The fourth-order valence-corrected chi connectivity index (χ4v) is 2.55. The van der Waals surface area contributed by atoms with Crippen molar-refractivity contribution in [1.82, 2.24) is 5.43 Å². The fourth-order valence-electron chi connectivity index (χ4n) is 2.17. The van der Waals surface area contributed by atoms with Crippen molar-refractivity contribution in [1.29, 1.82) is 0 Å². The maximum atomic E-state index is 12.0. The van der Waals surface area contributed by atoms with Crippen molar-refractivity contribution in [2.75, 3.05) is 5.32 Å². The highest BCUT2D eigenvalue weighted by Crippen LogP contribution is 2.20. The number of aryl methyl sites for hydroxylation is 2. The van der Waals surface area contributed by atoms with Crippen LogP contribution in [0.2, 0.25) is 0 Å². The summed E-state index contributed by atoms with van der Waals surface area (Å²) >= 11 is 3.29. The summed E-state index contributed by atoms with van der Waals surface area (Å²) in [5.41, 5.74) is 5.57. The quantitative estimate of drug-likeness (QED) is 0.494. The first-order valence-electron chi connectivity index (χ1n) is 8.02. The predicted octanol–water partition coefficient (Wildman–Crippen LogP) is 3.64. The Morgan fingerprint density at radius 3 is 2.62 bits per heavy atom. The van der Waals surface area contributed by atoms with Crippen molar-refractivity contribution in [2.45, 2.75) is 26.7 Å². The summed E-state index contributed by atoms with van der Waals surface area (Å²) in [7, 11) is 0. The molecule has 136 valence electrons. The minimum Gasteiger partial charge on any atom is -0.507 e. The minimum atomic E-state index is -0.383. The first kappa shape index (κ1) is 19.7. The Balaban J connectivity index is 1.81. The third-order valence-electron chi connectivity index (χ3n) is 3.63. The summed E-state index contributed by atoms with van der Waals surface area (Å²) < 4.78 is 0.784. The number of halogens is 1. The van der Waals surface area contributed by atoms with E-state index in [1.807, 2.05) is 32.0 Å². The average molecular weight is 418 g/mol. The standard InChI is InChI=1S/C19H20BrN3O3/c1-12-3-4-13(2)16(9-12)22-18(25)7-8-19(26)23-21-11-14-10-15(20)5-6-17(14)24/h3-6,9-11,24H,7-8H2,1-2H3,(H,22,25)(H,23,26). The lowest BCUT2D eigenvalue weighted by molar-refractivity contribution is -0.124. The van der Waals surface area contributed by atoms with Crippen LogP contribution in [0.15, 0.2) is 46.0 Å². The summed E-state index contributed by atoms with van der Waals surface area (Å²) in [6.45, 7) is 3.86. The molecule has 2 amide bonds. The number of anilines is 1. The van der Waals surface area contributed by atoms with Gasteiger partial charge in [-0.25, -0.2) is 5.43 Å². The van der Waals surface area contributed by atoms with Crippen LogP contribution in [0.1, 0.15) is 29.5 Å². The lowest BCUT2D eigenvalue weighted by Crippen LogP contribution is -2.21. The van der Waals surface area contributed by atoms with Gasteiger partial charge in [0.1, 0.15) is 5.75 Å². The molecule has 7 heteroatoms. The summed E-state index contributed by atoms with van der Waals surface area (Å²) in [5, 5.41) is 16.3. The van der Waals surface area contributed by atoms with E-state index in [1.54, 1.807) is 12.1 Å². The van der Waals surface area contributed by atoms with Gasteiger partial charge in [0.2, 0.25) is 11.8 Å². The molecule has 0 bridgehead atoms. The molecule has 0 heterocycles. The van der Waals surface area contributed by atoms with E-state index in [4.69, 9.17) is 0 Å². The highest BCUT2D eigenvalue weighted by molar-refractivity contribution is 9.10. The Morgan fingerprint density at radius 2 is 1.85 bits per heavy atom. The lowest BCUT2D eigenvalue weighted by atomic mass is 10.1. The normalized spacial score (nSPS) is 10.7. The zero-order chi connectivity index (χ0) is 19.1. The van der Waals surface area contributed by atoms with E-state index in [0.29, 0.717) is 5.56 Å². The van der Waals surface area contributed by atoms with Gasteiger partial charge in [-0.05, 0) is 49.2 Å². The number of carbonyl (C=O) groups is 2. The number of hydrogen-bond donors (Lipinski definition) is 3. The number of phenolic OH excluding ortho intramolecular Hbond substituents is 1. The molecule has 0 unspecified atom stereocenters. The van der Waals surface area contributed by atoms with E-state index in [9.17, 15) is 14.7 Å². The van der Waals surface area contributed by atoms with Gasteiger partial charge in [0, 0.05) is 28.6 Å². The van der Waals surface area contributed by atoms with E-state index < -0.39 is 0 Å². The Kier molecular flexibility index (Phi) is 6.91. The third-order valence-corrected chi connectivity index (χ3v) is 4.12. The molecule has 0 saturated carbocycles. The maximum absolute atomic E-state index is 12.0. The van der Waals surface area contributed by atoms with Crippen LogP contribution in [0.25, 0.3) is 0 Å². The Hall–Kier alpha value is -2.67. The number of phenols is 1. The van der Waals surface area contributed by atoms with Crippen molar-refractivity contribution in [3.63, 3.8) is 0 Å². The van der Waals surface area contributed by atoms with Crippen LogP contribution in [0, 0.1) is 13.8 Å². The van der Waals surface area contributed by atoms with Crippen molar-refractivity contribution in [3.8, 4) is 5.75 Å². The summed E-state index contributed by atoms with van der Waals surface area (Å²) in [4.78, 5) is 23.8. The Bertz CT molecular complexity index is 850. The Labute approximate surface area is 160 Å². The highest BCUT2D eigenvalue weighted by Gasteiger charge is 2.08. The van der Waals surface area contributed by atoms with E-state index in [0.717, 1.165) is 21.3 Å². The highest BCUT2D eigenvalue weighted by atomic mass is 79.9. The molecular formula is C19H20BrN3O3. The second kappa shape index (κ2) is 9.15. The van der Waals surface area contributed by atoms with E-state index in [2.05, 4.69) is 31.8 Å². The van der Waals surface area contributed by atoms with Crippen molar-refractivity contribution in [3.05, 3.63) is 57.6 Å². The monoisotopic (exact) mass is 417 g/mol. The topological polar surface area (TPSA) is 90.8 Å². The Morgan fingerprint density at radius 1 is 1.12 bits per heavy atom. The van der Waals surface area contributed by atoms with Gasteiger partial charge in [0.25, 0.3) is 0 Å². The second-order valence-corrected chi connectivity index (χ2v) is 6.78. The molecule has 6 nitrogen and oxygen atoms in total. The maximum Gasteiger partial charge on any atom is 0.240 e. The molecule has 0 aromatic heterocycles. The van der Waals surface area contributed by atoms with Gasteiger partial charge in [-0.15, -0.1) is 0 Å². The van der Waals surface area contributed by atoms with E-state index in [-0.39, 0.29) is 30.4 Å². The molecule has 0 atom stereocenters. The van der Waals surface area contributed by atoms with Gasteiger partial charge in [0.05, 0.1) is 6.21 Å². The smallest absolute Gasteiger partial charge is 0.240 e. The molecule has 2 aromatic rings. The number of nitrogens with one attached hydrogen (secondary N) is 2. The molecule has 3 N–H and O–H groups in total. The van der Waals surface area contributed by atoms with Crippen LogP contribution in [0.3, 0.4) is 0 Å². The number of rotatable bonds is 6. The fraction of sp³-hybridized carbons (Fsp3) is 0.211. The van der Waals surface area contributed by atoms with Crippen LogP contribution in [0.4, 0.5) is 5.69 Å². The zero-order valence-corrected chi connectivity index (χ0v) is 16.1. The third kappa shape index (κ3) is 6.00. The van der Waals surface area contributed by atoms with Crippen LogP contribution >= 0.6 is 15.9 Å². The SMILES string of the molecule is Cc1ccc(C)c(NC(=O)CCC(=O)NN=Cc2cc(Br)ccc2O)c1. The first-order valence-corrected chi connectivity index (χ1v) is 8.82. The molecule has 0 fully saturated rings. The molecule has 0 aliphatic heterocycles. The lowest BCUT2D eigenvalue weighted by Gasteiger charge is -2.09. The molecular weight excluding hydrogens is 398 g/mol. The molecule has 2 rings (SSSR count). The average Bonchev–Trinajstić information content (AvgIpc) is 2.59. The molecule has 0 aliphatic carbocycles. The van der Waals surface area contributed by atoms with Crippen molar-refractivity contribution < 1.29 is 14.7 Å². The van der Waals surface area contributed by atoms with Gasteiger partial charge in [-0.1, -0.05) is 28.1 Å².